The third kappa shape index (κ3) is 16.9. The van der Waals surface area contributed by atoms with Crippen molar-refractivity contribution in [3.63, 3.8) is 0 Å². The molecule has 306 valence electrons. The zero-order valence-corrected chi connectivity index (χ0v) is 33.0. The molecule has 0 bridgehead atoms. The number of hydrogen-bond donors (Lipinski definition) is 0. The Bertz CT molecular complexity index is 2090. The van der Waals surface area contributed by atoms with E-state index < -0.39 is 104 Å². The van der Waals surface area contributed by atoms with Crippen molar-refractivity contribution in [2.24, 2.45) is 0 Å². The summed E-state index contributed by atoms with van der Waals surface area (Å²) in [4.78, 5) is 16.0. The Labute approximate surface area is 354 Å². The van der Waals surface area contributed by atoms with Crippen LogP contribution in [0.1, 0.15) is 0 Å². The summed E-state index contributed by atoms with van der Waals surface area (Å²) in [7, 11) is 0. The van der Waals surface area contributed by atoms with Crippen LogP contribution >= 0.6 is 0 Å². The predicted octanol–water partition coefficient (Wildman–Crippen LogP) is 15.1. The molecule has 0 aliphatic rings. The van der Waals surface area contributed by atoms with Crippen LogP contribution in [0.3, 0.4) is 0 Å². The van der Waals surface area contributed by atoms with Gasteiger partial charge >= 0.3 is 0 Å². The molecule has 0 N–H and O–H groups in total. The van der Waals surface area contributed by atoms with Crippen LogP contribution in [0.5, 0.6) is 0 Å². The van der Waals surface area contributed by atoms with Crippen LogP contribution in [0, 0.1) is 109 Å². The summed E-state index contributed by atoms with van der Waals surface area (Å²) >= 11 is 0. The van der Waals surface area contributed by atoms with Crippen molar-refractivity contribution < 1.29 is 73.8 Å². The molecule has 0 amide bonds. The second-order valence-corrected chi connectivity index (χ2v) is 10.1. The molecule has 0 aliphatic heterocycles. The van der Waals surface area contributed by atoms with Crippen molar-refractivity contribution >= 4 is 34.1 Å². The minimum atomic E-state index is -0.810. The largest absolute Gasteiger partial charge is 0.256 e. The Balaban J connectivity index is 0.000000706. The minimum Gasteiger partial charge on any atom is -0.232 e. The number of hydrogen-bond acceptors (Lipinski definition) is 0. The maximum Gasteiger partial charge on any atom is 0.256 e. The van der Waals surface area contributed by atoms with Crippen LogP contribution in [0.25, 0.3) is 29.1 Å². The van der Waals surface area contributed by atoms with E-state index in [9.17, 15) is 52.7 Å². The van der Waals surface area contributed by atoms with Crippen molar-refractivity contribution in [1.82, 2.24) is 0 Å². The van der Waals surface area contributed by atoms with Gasteiger partial charge in [-0.3, -0.25) is 0 Å². The molecule has 0 radical (unpaired) electrons. The van der Waals surface area contributed by atoms with Crippen molar-refractivity contribution in [3.8, 4) is 0 Å². The summed E-state index contributed by atoms with van der Waals surface area (Å²) < 4.78 is 149. The normalized spacial score (nSPS) is 8.75. The number of para-hydroxylation sites is 6. The molecule has 0 atom stereocenters. The van der Waals surface area contributed by atoms with Gasteiger partial charge in [0.2, 0.25) is 0 Å². The van der Waals surface area contributed by atoms with Gasteiger partial charge in [-0.2, -0.15) is 0 Å². The Morgan fingerprint density at radius 3 is 0.344 bits per heavy atom. The predicted molar refractivity (Wildman–Crippen MR) is 196 cm³/mol. The second-order valence-electron chi connectivity index (χ2n) is 10.1. The monoisotopic (exact) mass is 1020 g/mol. The Morgan fingerprint density at radius 2 is 0.295 bits per heavy atom. The van der Waals surface area contributed by atoms with E-state index in [1.165, 1.54) is 36.4 Å². The first-order chi connectivity index (χ1) is 28.5. The quantitative estimate of drug-likeness (QED) is 0.107. The fourth-order valence-electron chi connectivity index (χ4n) is 3.57. The third-order valence-electron chi connectivity index (χ3n) is 6.30. The van der Waals surface area contributed by atoms with Gasteiger partial charge < -0.3 is 0 Å². The smallest absolute Gasteiger partial charge is 0.232 e. The van der Waals surface area contributed by atoms with E-state index in [0.29, 0.717) is 0 Å². The standard InChI is InChI=1S/6C7H3F2N.W/c6*1-10-7-5(8)3-2-4-6(7)9;/h6*2-4H;. The number of rotatable bonds is 0. The van der Waals surface area contributed by atoms with Gasteiger partial charge in [0.1, 0.15) is 69.8 Å². The summed E-state index contributed by atoms with van der Waals surface area (Å²) in [6.07, 6.45) is 0. The fourth-order valence-corrected chi connectivity index (χ4v) is 3.57. The first kappa shape index (κ1) is 53.1. The molecule has 0 aromatic heterocycles. The van der Waals surface area contributed by atoms with Gasteiger partial charge in [-0.1, -0.05) is 36.4 Å². The molecule has 0 heterocycles. The molecule has 61 heavy (non-hydrogen) atoms. The second kappa shape index (κ2) is 27.7. The molecule has 6 rings (SSSR count). The summed E-state index contributed by atoms with van der Waals surface area (Å²) in [5, 5.41) is 0. The van der Waals surface area contributed by atoms with Crippen LogP contribution in [-0.2, 0) is 21.1 Å². The van der Waals surface area contributed by atoms with E-state index in [4.69, 9.17) is 39.4 Å². The van der Waals surface area contributed by atoms with E-state index in [0.717, 1.165) is 72.8 Å². The van der Waals surface area contributed by atoms with Crippen molar-refractivity contribution in [3.05, 3.63) is 248 Å². The van der Waals surface area contributed by atoms with Crippen LogP contribution in [0.15, 0.2) is 109 Å². The molecule has 6 aromatic carbocycles. The van der Waals surface area contributed by atoms with Gasteiger partial charge in [0.25, 0.3) is 34.1 Å². The van der Waals surface area contributed by atoms with Gasteiger partial charge in [0, 0.05) is 21.1 Å². The summed E-state index contributed by atoms with van der Waals surface area (Å²) in [6.45, 7) is 38.2. The average Bonchev–Trinajstić information content (AvgIpc) is 3.20. The Kier molecular flexibility index (Phi) is 24.1. The zero-order chi connectivity index (χ0) is 45.4. The third-order valence-corrected chi connectivity index (χ3v) is 6.30. The van der Waals surface area contributed by atoms with Crippen LogP contribution in [-0.4, -0.2) is 0 Å². The first-order valence-corrected chi connectivity index (χ1v) is 15.4. The number of benzene rings is 6. The van der Waals surface area contributed by atoms with E-state index in [2.05, 4.69) is 29.1 Å². The molecular formula is C42H18F12N6W. The van der Waals surface area contributed by atoms with Gasteiger partial charge in [-0.15, -0.1) is 0 Å². The molecule has 0 saturated carbocycles. The van der Waals surface area contributed by atoms with Crippen LogP contribution in [0.2, 0.25) is 0 Å². The van der Waals surface area contributed by atoms with Gasteiger partial charge in [-0.25, -0.2) is 81.8 Å². The zero-order valence-electron chi connectivity index (χ0n) is 30.0. The average molecular weight is 1020 g/mol. The fraction of sp³-hybridized carbons (Fsp3) is 0. The first-order valence-electron chi connectivity index (χ1n) is 15.4. The molecule has 19 heteroatoms. The number of halogens is 12. The van der Waals surface area contributed by atoms with Gasteiger partial charge in [0.15, 0.2) is 0 Å². The van der Waals surface area contributed by atoms with Gasteiger partial charge in [-0.05, 0) is 72.8 Å². The number of nitrogens with zero attached hydrogens (tertiary/aromatic N) is 6. The minimum absolute atomic E-state index is 0. The molecule has 0 spiro atoms. The summed E-state index contributed by atoms with van der Waals surface area (Å²) in [5.74, 6) is -9.72. The van der Waals surface area contributed by atoms with Crippen LogP contribution in [0.4, 0.5) is 86.8 Å². The molecule has 6 aromatic rings. The van der Waals surface area contributed by atoms with E-state index in [-0.39, 0.29) is 21.1 Å². The molecule has 0 saturated heterocycles. The summed E-state index contributed by atoms with van der Waals surface area (Å²) in [5.41, 5.74) is -3.24. The Hall–Kier alpha value is -7.89. The van der Waals surface area contributed by atoms with E-state index in [1.54, 1.807) is 0 Å². The van der Waals surface area contributed by atoms with Crippen molar-refractivity contribution in [1.29, 1.82) is 0 Å². The Morgan fingerprint density at radius 1 is 0.213 bits per heavy atom. The molecular weight excluding hydrogens is 1000 g/mol. The molecule has 0 aliphatic carbocycles. The van der Waals surface area contributed by atoms with E-state index >= 15 is 0 Å². The van der Waals surface area contributed by atoms with Gasteiger partial charge in [0.05, 0.1) is 39.4 Å². The maximum atomic E-state index is 12.4. The van der Waals surface area contributed by atoms with Crippen molar-refractivity contribution in [2.45, 2.75) is 0 Å². The van der Waals surface area contributed by atoms with E-state index in [1.807, 2.05) is 0 Å². The molecule has 6 nitrogen and oxygen atoms in total. The maximum absolute atomic E-state index is 12.4. The van der Waals surface area contributed by atoms with Crippen molar-refractivity contribution in [2.75, 3.05) is 0 Å². The SMILES string of the molecule is [C-]#[N+]c1c(F)cccc1F.[C-]#[N+]c1c(F)cccc1F.[C-]#[N+]c1c(F)cccc1F.[C-]#[N+]c1c(F)cccc1F.[C-]#[N+]c1c(F)cccc1F.[C-]#[N+]c1c(F)cccc1F.[W]. The topological polar surface area (TPSA) is 26.2 Å². The van der Waals surface area contributed by atoms with Crippen LogP contribution < -0.4 is 0 Å². The summed E-state index contributed by atoms with van der Waals surface area (Å²) in [6, 6.07) is 20.0. The molecule has 0 unspecified atom stereocenters. The molecule has 0 fully saturated rings.